The summed E-state index contributed by atoms with van der Waals surface area (Å²) >= 11 is 0. The van der Waals surface area contributed by atoms with Gasteiger partial charge < -0.3 is 9.57 Å². The van der Waals surface area contributed by atoms with E-state index in [9.17, 15) is 4.79 Å². The molecule has 86 valence electrons. The third-order valence-corrected chi connectivity index (χ3v) is 1.43. The van der Waals surface area contributed by atoms with E-state index in [-0.39, 0.29) is 25.7 Å². The Morgan fingerprint density at radius 2 is 2.33 bits per heavy atom. The van der Waals surface area contributed by atoms with Gasteiger partial charge in [0.1, 0.15) is 12.7 Å². The van der Waals surface area contributed by atoms with E-state index in [0.29, 0.717) is 6.42 Å². The first-order chi connectivity index (χ1) is 7.24. The first kappa shape index (κ1) is 13.9. The second-order valence-electron chi connectivity index (χ2n) is 2.63. The molecule has 0 aromatic rings. The highest BCUT2D eigenvalue weighted by Gasteiger charge is 2.12. The Labute approximate surface area is 89.0 Å². The van der Waals surface area contributed by atoms with E-state index < -0.39 is 6.10 Å². The van der Waals surface area contributed by atoms with Gasteiger partial charge in [0.15, 0.2) is 0 Å². The van der Waals surface area contributed by atoms with Crippen molar-refractivity contribution in [3.05, 3.63) is 0 Å². The molecule has 0 aliphatic rings. The van der Waals surface area contributed by atoms with E-state index in [1.165, 1.54) is 0 Å². The summed E-state index contributed by atoms with van der Waals surface area (Å²) in [4.78, 5) is 20.3. The lowest BCUT2D eigenvalue weighted by molar-refractivity contribution is -0.153. The molecule has 6 heteroatoms. The number of hydrogen-bond donors (Lipinski definition) is 2. The highest BCUT2D eigenvalue weighted by molar-refractivity contribution is 5.68. The maximum absolute atomic E-state index is 10.8. The summed E-state index contributed by atoms with van der Waals surface area (Å²) in [5.41, 5.74) is 2.50. The Morgan fingerprint density at radius 1 is 1.60 bits per heavy atom. The zero-order valence-electron chi connectivity index (χ0n) is 8.69. The average molecular weight is 216 g/mol. The quantitative estimate of drug-likeness (QED) is 0.243. The predicted molar refractivity (Wildman–Crippen MR) is 53.1 cm³/mol. The summed E-state index contributed by atoms with van der Waals surface area (Å²) in [7, 11) is 0. The fourth-order valence-electron chi connectivity index (χ4n) is 0.713. The van der Waals surface area contributed by atoms with Crippen LogP contribution in [-0.2, 0) is 19.2 Å². The molecule has 3 N–H and O–H groups in total. The van der Waals surface area contributed by atoms with Gasteiger partial charge in [0, 0.05) is 6.42 Å². The fraction of sp³-hybridized carbons (Fsp3) is 0.667. The minimum absolute atomic E-state index is 0.0709. The highest BCUT2D eigenvalue weighted by atomic mass is 16.7. The summed E-state index contributed by atoms with van der Waals surface area (Å²) < 4.78 is 4.85. The van der Waals surface area contributed by atoms with E-state index in [4.69, 9.17) is 21.9 Å². The standard InChI is InChI=1S/C9H16N2O4/c1-3-5-11-15-8(7-14-10)6-13-9(12)4-2/h1,8,11H,4-7,10H2,2H3. The molecular weight excluding hydrogens is 200 g/mol. The molecule has 0 saturated carbocycles. The molecule has 0 amide bonds. The molecule has 1 atom stereocenters. The molecule has 0 aromatic heterocycles. The molecule has 0 saturated heterocycles. The molecular formula is C9H16N2O4. The van der Waals surface area contributed by atoms with Gasteiger partial charge in [0.2, 0.25) is 0 Å². The number of nitrogens with one attached hydrogen (secondary N) is 1. The molecule has 0 bridgehead atoms. The average Bonchev–Trinajstić information content (AvgIpc) is 2.25. The largest absolute Gasteiger partial charge is 0.463 e. The predicted octanol–water partition coefficient (Wildman–Crippen LogP) is -0.647. The molecule has 0 heterocycles. The number of nitrogens with two attached hydrogens (primary N) is 1. The SMILES string of the molecule is C#CCNOC(CON)COC(=O)CC. The lowest BCUT2D eigenvalue weighted by Gasteiger charge is -2.15. The van der Waals surface area contributed by atoms with Crippen molar-refractivity contribution in [2.75, 3.05) is 19.8 Å². The Balaban J connectivity index is 3.72. The summed E-state index contributed by atoms with van der Waals surface area (Å²) in [6.45, 7) is 2.13. The number of hydroxylamine groups is 1. The Kier molecular flexibility index (Phi) is 8.72. The third kappa shape index (κ3) is 7.90. The molecule has 0 aromatic carbocycles. The number of carbonyl (C=O) groups excluding carboxylic acids is 1. The van der Waals surface area contributed by atoms with Crippen LogP contribution in [-0.4, -0.2) is 31.8 Å². The van der Waals surface area contributed by atoms with Gasteiger partial charge in [-0.15, -0.1) is 6.42 Å². The van der Waals surface area contributed by atoms with Crippen molar-refractivity contribution >= 4 is 5.97 Å². The summed E-state index contributed by atoms with van der Waals surface area (Å²) in [5.74, 6) is 6.90. The van der Waals surface area contributed by atoms with E-state index in [0.717, 1.165) is 0 Å². The fourth-order valence-corrected chi connectivity index (χ4v) is 0.713. The zero-order chi connectivity index (χ0) is 11.5. The van der Waals surface area contributed by atoms with Crippen molar-refractivity contribution in [1.82, 2.24) is 5.48 Å². The lowest BCUT2D eigenvalue weighted by Crippen LogP contribution is -2.33. The van der Waals surface area contributed by atoms with Crippen LogP contribution in [0.15, 0.2) is 0 Å². The van der Waals surface area contributed by atoms with Crippen LogP contribution in [0.25, 0.3) is 0 Å². The van der Waals surface area contributed by atoms with E-state index >= 15 is 0 Å². The zero-order valence-corrected chi connectivity index (χ0v) is 8.69. The monoisotopic (exact) mass is 216 g/mol. The first-order valence-electron chi connectivity index (χ1n) is 4.53. The van der Waals surface area contributed by atoms with Crippen LogP contribution in [0.2, 0.25) is 0 Å². The van der Waals surface area contributed by atoms with Crippen LogP contribution in [0, 0.1) is 12.3 Å². The van der Waals surface area contributed by atoms with Gasteiger partial charge in [0.25, 0.3) is 0 Å². The van der Waals surface area contributed by atoms with Crippen LogP contribution < -0.4 is 11.4 Å². The van der Waals surface area contributed by atoms with Crippen molar-refractivity contribution in [2.45, 2.75) is 19.4 Å². The van der Waals surface area contributed by atoms with Crippen molar-refractivity contribution in [3.63, 3.8) is 0 Å². The Morgan fingerprint density at radius 3 is 2.87 bits per heavy atom. The third-order valence-electron chi connectivity index (χ3n) is 1.43. The normalized spacial score (nSPS) is 11.8. The molecule has 0 aliphatic carbocycles. The molecule has 0 rings (SSSR count). The van der Waals surface area contributed by atoms with Gasteiger partial charge in [-0.3, -0.25) is 9.63 Å². The highest BCUT2D eigenvalue weighted by Crippen LogP contribution is 1.93. The van der Waals surface area contributed by atoms with Gasteiger partial charge in [-0.1, -0.05) is 12.8 Å². The Bertz CT molecular complexity index is 215. The van der Waals surface area contributed by atoms with Crippen LogP contribution in [0.5, 0.6) is 0 Å². The van der Waals surface area contributed by atoms with Crippen molar-refractivity contribution in [2.24, 2.45) is 5.90 Å². The van der Waals surface area contributed by atoms with Crippen LogP contribution in [0.3, 0.4) is 0 Å². The van der Waals surface area contributed by atoms with Gasteiger partial charge in [-0.05, 0) is 0 Å². The number of esters is 1. The van der Waals surface area contributed by atoms with Crippen LogP contribution in [0.4, 0.5) is 0 Å². The van der Waals surface area contributed by atoms with Crippen molar-refractivity contribution in [3.8, 4) is 12.3 Å². The molecule has 0 aliphatic heterocycles. The summed E-state index contributed by atoms with van der Waals surface area (Å²) in [5, 5.41) is 0. The van der Waals surface area contributed by atoms with Gasteiger partial charge in [0.05, 0.1) is 13.2 Å². The number of ether oxygens (including phenoxy) is 1. The number of carbonyl (C=O) groups is 1. The van der Waals surface area contributed by atoms with E-state index in [1.807, 2.05) is 0 Å². The Hall–Kier alpha value is -1.13. The second kappa shape index (κ2) is 9.43. The number of terminal acetylenes is 1. The maximum atomic E-state index is 10.8. The smallest absolute Gasteiger partial charge is 0.305 e. The van der Waals surface area contributed by atoms with E-state index in [2.05, 4.69) is 16.2 Å². The van der Waals surface area contributed by atoms with Gasteiger partial charge >= 0.3 is 5.97 Å². The minimum Gasteiger partial charge on any atom is -0.463 e. The number of hydrogen-bond acceptors (Lipinski definition) is 6. The second-order valence-corrected chi connectivity index (χ2v) is 2.63. The van der Waals surface area contributed by atoms with E-state index in [1.54, 1.807) is 6.92 Å². The van der Waals surface area contributed by atoms with Gasteiger partial charge in [-0.2, -0.15) is 5.48 Å². The minimum atomic E-state index is -0.473. The molecule has 0 spiro atoms. The van der Waals surface area contributed by atoms with Crippen molar-refractivity contribution < 1.29 is 19.2 Å². The topological polar surface area (TPSA) is 82.8 Å². The van der Waals surface area contributed by atoms with Gasteiger partial charge in [-0.25, -0.2) is 5.90 Å². The molecule has 0 fully saturated rings. The molecule has 15 heavy (non-hydrogen) atoms. The maximum Gasteiger partial charge on any atom is 0.305 e. The van der Waals surface area contributed by atoms with Crippen LogP contribution >= 0.6 is 0 Å². The summed E-state index contributed by atoms with van der Waals surface area (Å²) in [6.07, 6.45) is 4.84. The molecule has 0 radical (unpaired) electrons. The molecule has 1 unspecified atom stereocenters. The van der Waals surface area contributed by atoms with Crippen LogP contribution in [0.1, 0.15) is 13.3 Å². The molecule has 6 nitrogen and oxygen atoms in total. The lowest BCUT2D eigenvalue weighted by atomic mass is 10.4. The number of rotatable bonds is 8. The van der Waals surface area contributed by atoms with Crippen molar-refractivity contribution in [1.29, 1.82) is 0 Å². The first-order valence-corrected chi connectivity index (χ1v) is 4.53. The summed E-state index contributed by atoms with van der Waals surface area (Å²) in [6, 6.07) is 0.